The van der Waals surface area contributed by atoms with Gasteiger partial charge < -0.3 is 23.4 Å². The highest BCUT2D eigenvalue weighted by Crippen LogP contribution is 2.42. The van der Waals surface area contributed by atoms with E-state index in [-0.39, 0.29) is 0 Å². The average molecular weight is 484 g/mol. The van der Waals surface area contributed by atoms with E-state index in [0.717, 1.165) is 17.0 Å². The van der Waals surface area contributed by atoms with Gasteiger partial charge in [0.2, 0.25) is 17.5 Å². The normalized spacial score (nSPS) is 10.9. The zero-order valence-electron chi connectivity index (χ0n) is 19.6. The van der Waals surface area contributed by atoms with Crippen LogP contribution in [0.3, 0.4) is 0 Å². The Balaban J connectivity index is 1.80. The van der Waals surface area contributed by atoms with Crippen molar-refractivity contribution in [1.29, 1.82) is 0 Å². The molecule has 0 amide bonds. The van der Waals surface area contributed by atoms with Crippen molar-refractivity contribution in [2.24, 2.45) is 0 Å². The van der Waals surface area contributed by atoms with E-state index >= 15 is 0 Å². The molecule has 0 saturated heterocycles. The summed E-state index contributed by atoms with van der Waals surface area (Å²) in [5.41, 5.74) is 1.61. The molecule has 0 spiro atoms. The Morgan fingerprint density at radius 3 is 2.18 bits per heavy atom. The van der Waals surface area contributed by atoms with Crippen molar-refractivity contribution in [3.8, 4) is 40.1 Å². The van der Waals surface area contributed by atoms with E-state index in [1.54, 1.807) is 28.3 Å². The summed E-state index contributed by atoms with van der Waals surface area (Å²) in [5.74, 6) is 4.41. The molecule has 4 rings (SSSR count). The van der Waals surface area contributed by atoms with Crippen LogP contribution in [0.25, 0.3) is 17.1 Å². The van der Waals surface area contributed by atoms with Crippen LogP contribution >= 0.6 is 11.8 Å². The van der Waals surface area contributed by atoms with E-state index in [9.17, 15) is 0 Å². The second-order valence-corrected chi connectivity index (χ2v) is 7.93. The minimum atomic E-state index is 0.450. The van der Waals surface area contributed by atoms with Crippen molar-refractivity contribution in [3.05, 3.63) is 48.2 Å². The Morgan fingerprint density at radius 2 is 1.62 bits per heavy atom. The van der Waals surface area contributed by atoms with Crippen molar-refractivity contribution >= 4 is 11.8 Å². The summed E-state index contributed by atoms with van der Waals surface area (Å²) in [4.78, 5) is 0. The van der Waals surface area contributed by atoms with Crippen LogP contribution in [0.15, 0.2) is 46.0 Å². The van der Waals surface area contributed by atoms with E-state index in [1.165, 1.54) is 11.8 Å². The van der Waals surface area contributed by atoms with Gasteiger partial charge in [0.1, 0.15) is 5.75 Å². The number of aryl methyl sites for hydroxylation is 1. The van der Waals surface area contributed by atoms with Gasteiger partial charge in [-0.1, -0.05) is 11.8 Å². The van der Waals surface area contributed by atoms with Gasteiger partial charge in [0.15, 0.2) is 22.5 Å². The lowest BCUT2D eigenvalue weighted by atomic mass is 10.1. The number of nitrogens with zero attached hydrogens (tertiary/aromatic N) is 5. The second kappa shape index (κ2) is 10.5. The van der Waals surface area contributed by atoms with Crippen molar-refractivity contribution < 1.29 is 23.4 Å². The summed E-state index contributed by atoms with van der Waals surface area (Å²) in [7, 11) is 4.72. The predicted octanol–water partition coefficient (Wildman–Crippen LogP) is 4.34. The largest absolute Gasteiger partial charge is 0.494 e. The van der Waals surface area contributed by atoms with E-state index in [0.29, 0.717) is 52.4 Å². The molecule has 11 heteroatoms. The first-order valence-corrected chi connectivity index (χ1v) is 11.5. The van der Waals surface area contributed by atoms with Crippen molar-refractivity contribution in [3.63, 3.8) is 0 Å². The minimum Gasteiger partial charge on any atom is -0.494 e. The molecule has 0 atom stereocenters. The fraction of sp³-hybridized carbons (Fsp3) is 0.304. The van der Waals surface area contributed by atoms with Crippen LogP contribution in [-0.4, -0.2) is 52.9 Å². The SMILES string of the molecule is CCOc1ccc(-n2c(SCc3nnc(C)o3)nnc2-c2cc(OC)c(OC)c(OC)c2)cc1. The fourth-order valence-electron chi connectivity index (χ4n) is 3.37. The molecule has 0 bridgehead atoms. The third kappa shape index (κ3) is 4.79. The average Bonchev–Trinajstić information content (AvgIpc) is 3.48. The van der Waals surface area contributed by atoms with Crippen LogP contribution in [-0.2, 0) is 5.75 Å². The smallest absolute Gasteiger partial charge is 0.226 e. The topological polar surface area (TPSA) is 107 Å². The molecule has 0 aliphatic carbocycles. The van der Waals surface area contributed by atoms with Crippen molar-refractivity contribution in [2.75, 3.05) is 27.9 Å². The molecule has 4 aromatic rings. The maximum Gasteiger partial charge on any atom is 0.226 e. The van der Waals surface area contributed by atoms with Crippen LogP contribution in [0.4, 0.5) is 0 Å². The summed E-state index contributed by atoms with van der Waals surface area (Å²) in [6, 6.07) is 11.4. The minimum absolute atomic E-state index is 0.450. The zero-order chi connectivity index (χ0) is 24.1. The van der Waals surface area contributed by atoms with Gasteiger partial charge in [0, 0.05) is 18.2 Å². The molecule has 0 unspecified atom stereocenters. The Morgan fingerprint density at radius 1 is 0.912 bits per heavy atom. The molecule has 0 aliphatic rings. The number of thioether (sulfide) groups is 1. The molecule has 178 valence electrons. The number of hydrogen-bond acceptors (Lipinski definition) is 10. The molecule has 0 aliphatic heterocycles. The zero-order valence-corrected chi connectivity index (χ0v) is 20.4. The van der Waals surface area contributed by atoms with Crippen LogP contribution in [0.2, 0.25) is 0 Å². The quantitative estimate of drug-likeness (QED) is 0.302. The summed E-state index contributed by atoms with van der Waals surface area (Å²) < 4.78 is 29.6. The van der Waals surface area contributed by atoms with E-state index in [1.807, 2.05) is 47.9 Å². The van der Waals surface area contributed by atoms with Gasteiger partial charge in [0.25, 0.3) is 0 Å². The van der Waals surface area contributed by atoms with Gasteiger partial charge in [0.05, 0.1) is 33.7 Å². The molecular weight excluding hydrogens is 458 g/mol. The third-order valence-corrected chi connectivity index (χ3v) is 5.77. The highest BCUT2D eigenvalue weighted by Gasteiger charge is 2.21. The maximum absolute atomic E-state index is 5.60. The first-order valence-electron chi connectivity index (χ1n) is 10.5. The number of rotatable bonds is 10. The number of benzene rings is 2. The molecule has 0 radical (unpaired) electrons. The van der Waals surface area contributed by atoms with E-state index in [2.05, 4.69) is 20.4 Å². The van der Waals surface area contributed by atoms with Crippen LogP contribution in [0.5, 0.6) is 23.0 Å². The molecule has 0 N–H and O–H groups in total. The predicted molar refractivity (Wildman–Crippen MR) is 126 cm³/mol. The molecule has 2 aromatic carbocycles. The molecule has 0 saturated carbocycles. The summed E-state index contributed by atoms with van der Waals surface area (Å²) in [6.45, 7) is 4.30. The van der Waals surface area contributed by atoms with Gasteiger partial charge in [-0.3, -0.25) is 4.57 Å². The highest BCUT2D eigenvalue weighted by atomic mass is 32.2. The first kappa shape index (κ1) is 23.4. The fourth-order valence-corrected chi connectivity index (χ4v) is 4.16. The van der Waals surface area contributed by atoms with Gasteiger partial charge >= 0.3 is 0 Å². The van der Waals surface area contributed by atoms with Gasteiger partial charge in [-0.05, 0) is 43.3 Å². The standard InChI is InChI=1S/C23H25N5O5S/c1-6-32-17-9-7-16(8-10-17)28-22(15-11-18(29-3)21(31-5)19(12-15)30-4)26-27-23(28)34-13-20-25-24-14(2)33-20/h7-12H,6,13H2,1-5H3. The molecular formula is C23H25N5O5S. The van der Waals surface area contributed by atoms with Gasteiger partial charge in [-0.15, -0.1) is 20.4 Å². The van der Waals surface area contributed by atoms with Crippen molar-refractivity contribution in [1.82, 2.24) is 25.0 Å². The second-order valence-electron chi connectivity index (χ2n) is 6.99. The number of ether oxygens (including phenoxy) is 4. The van der Waals surface area contributed by atoms with Crippen LogP contribution in [0.1, 0.15) is 18.7 Å². The number of hydrogen-bond donors (Lipinski definition) is 0. The summed E-state index contributed by atoms with van der Waals surface area (Å²) >= 11 is 1.44. The Labute approximate surface area is 201 Å². The molecule has 34 heavy (non-hydrogen) atoms. The van der Waals surface area contributed by atoms with Crippen LogP contribution < -0.4 is 18.9 Å². The van der Waals surface area contributed by atoms with Crippen molar-refractivity contribution in [2.45, 2.75) is 24.8 Å². The number of aromatic nitrogens is 5. The Hall–Kier alpha value is -3.73. The third-order valence-electron chi connectivity index (χ3n) is 4.85. The Bertz CT molecular complexity index is 1230. The van der Waals surface area contributed by atoms with E-state index in [4.69, 9.17) is 23.4 Å². The molecule has 2 aromatic heterocycles. The highest BCUT2D eigenvalue weighted by molar-refractivity contribution is 7.98. The van der Waals surface area contributed by atoms with Gasteiger partial charge in [-0.2, -0.15) is 0 Å². The van der Waals surface area contributed by atoms with Gasteiger partial charge in [-0.25, -0.2) is 0 Å². The lowest BCUT2D eigenvalue weighted by molar-refractivity contribution is 0.324. The first-order chi connectivity index (χ1) is 16.6. The maximum atomic E-state index is 5.60. The molecule has 2 heterocycles. The summed E-state index contributed by atoms with van der Waals surface area (Å²) in [5, 5.41) is 17.5. The monoisotopic (exact) mass is 483 g/mol. The summed E-state index contributed by atoms with van der Waals surface area (Å²) in [6.07, 6.45) is 0. The lowest BCUT2D eigenvalue weighted by Gasteiger charge is -2.15. The van der Waals surface area contributed by atoms with E-state index < -0.39 is 0 Å². The lowest BCUT2D eigenvalue weighted by Crippen LogP contribution is -2.02. The molecule has 0 fully saturated rings. The Kier molecular flexibility index (Phi) is 7.21. The van der Waals surface area contributed by atoms with Crippen LogP contribution in [0, 0.1) is 6.92 Å². The molecule has 10 nitrogen and oxygen atoms in total. The number of methoxy groups -OCH3 is 3.